The number of nitrogens with one attached hydrogen (secondary N) is 2. The Labute approximate surface area is 236 Å². The Morgan fingerprint density at radius 3 is 2.44 bits per heavy atom. The number of ketones is 1. The summed E-state index contributed by atoms with van der Waals surface area (Å²) < 4.78 is 32.0. The average Bonchev–Trinajstić information content (AvgIpc) is 3.16. The van der Waals surface area contributed by atoms with E-state index >= 15 is 0 Å². The fraction of sp³-hybridized carbons (Fsp3) is 0.448. The first-order valence-corrected chi connectivity index (χ1v) is 15.1. The summed E-state index contributed by atoms with van der Waals surface area (Å²) >= 11 is 6.72. The highest BCUT2D eigenvalue weighted by atomic mass is 35.5. The van der Waals surface area contributed by atoms with Crippen molar-refractivity contribution in [3.63, 3.8) is 0 Å². The number of methoxy groups -OCH3 is 1. The number of benzene rings is 2. The Bertz CT molecular complexity index is 1330. The fourth-order valence-corrected chi connectivity index (χ4v) is 6.76. The van der Waals surface area contributed by atoms with E-state index in [2.05, 4.69) is 14.8 Å². The summed E-state index contributed by atoms with van der Waals surface area (Å²) in [4.78, 5) is 22.2. The SMILES string of the molecule is CCNCCNS(=O)(=O)c1cccc(-c2cc(C)c(C3=C(N)C4(CCCCC4)CC3=O)cc2Cl)c1.COC=O. The van der Waals surface area contributed by atoms with Crippen molar-refractivity contribution in [1.29, 1.82) is 0 Å². The second-order valence-corrected chi connectivity index (χ2v) is 12.2. The van der Waals surface area contributed by atoms with Crippen LogP contribution in [0.3, 0.4) is 0 Å². The molecular formula is C29H38ClN3O5S. The molecule has 0 saturated heterocycles. The molecule has 1 fully saturated rings. The van der Waals surface area contributed by atoms with Crippen LogP contribution < -0.4 is 15.8 Å². The molecule has 0 radical (unpaired) electrons. The number of likely N-dealkylation sites (N-methyl/N-ethyl adjacent to an activating group) is 1. The highest BCUT2D eigenvalue weighted by Gasteiger charge is 2.45. The van der Waals surface area contributed by atoms with Gasteiger partial charge in [0.1, 0.15) is 0 Å². The summed E-state index contributed by atoms with van der Waals surface area (Å²) in [6, 6.07) is 10.5. The molecule has 2 aliphatic carbocycles. The minimum Gasteiger partial charge on any atom is -0.471 e. The average molecular weight is 576 g/mol. The first-order chi connectivity index (χ1) is 18.6. The lowest BCUT2D eigenvalue weighted by Crippen LogP contribution is -2.31. The number of rotatable bonds is 9. The first-order valence-electron chi connectivity index (χ1n) is 13.2. The van der Waals surface area contributed by atoms with Gasteiger partial charge in [0.15, 0.2) is 5.78 Å². The summed E-state index contributed by atoms with van der Waals surface area (Å²) in [6.07, 6.45) is 5.80. The maximum atomic E-state index is 13.1. The van der Waals surface area contributed by atoms with E-state index in [0.29, 0.717) is 47.8 Å². The summed E-state index contributed by atoms with van der Waals surface area (Å²) in [5.74, 6) is 0.0908. The predicted octanol–water partition coefficient (Wildman–Crippen LogP) is 4.59. The van der Waals surface area contributed by atoms with Gasteiger partial charge in [-0.3, -0.25) is 9.59 Å². The summed E-state index contributed by atoms with van der Waals surface area (Å²) in [5, 5.41) is 3.55. The maximum absolute atomic E-state index is 13.1. The van der Waals surface area contributed by atoms with Gasteiger partial charge in [-0.25, -0.2) is 13.1 Å². The van der Waals surface area contributed by atoms with E-state index in [1.54, 1.807) is 18.2 Å². The Morgan fingerprint density at radius 1 is 1.10 bits per heavy atom. The molecule has 0 heterocycles. The zero-order valence-corrected chi connectivity index (χ0v) is 24.4. The number of allylic oxidation sites excluding steroid dienone is 2. The third-order valence-electron chi connectivity index (χ3n) is 7.41. The second-order valence-electron chi connectivity index (χ2n) is 9.99. The van der Waals surface area contributed by atoms with Crippen molar-refractivity contribution in [3.8, 4) is 11.1 Å². The molecule has 10 heteroatoms. The molecule has 0 aromatic heterocycles. The van der Waals surface area contributed by atoms with E-state index in [4.69, 9.17) is 22.1 Å². The number of carbonyl (C=O) groups is 2. The number of hydrogen-bond donors (Lipinski definition) is 3. The number of hydrogen-bond acceptors (Lipinski definition) is 7. The van der Waals surface area contributed by atoms with Crippen molar-refractivity contribution < 1.29 is 22.7 Å². The van der Waals surface area contributed by atoms with Gasteiger partial charge in [0, 0.05) is 46.8 Å². The van der Waals surface area contributed by atoms with Crippen LogP contribution in [0, 0.1) is 12.3 Å². The van der Waals surface area contributed by atoms with Gasteiger partial charge in [-0.1, -0.05) is 49.9 Å². The molecule has 39 heavy (non-hydrogen) atoms. The van der Waals surface area contributed by atoms with E-state index in [9.17, 15) is 13.2 Å². The third-order valence-corrected chi connectivity index (χ3v) is 9.18. The zero-order chi connectivity index (χ0) is 28.6. The van der Waals surface area contributed by atoms with Crippen LogP contribution in [-0.4, -0.2) is 47.4 Å². The maximum Gasteiger partial charge on any atom is 0.292 e. The van der Waals surface area contributed by atoms with Crippen LogP contribution in [0.5, 0.6) is 0 Å². The topological polar surface area (TPSA) is 128 Å². The van der Waals surface area contributed by atoms with E-state index in [1.807, 2.05) is 32.0 Å². The standard InChI is InChI=1S/C27H34ClN3O3S.C2H4O2/c1-3-30-12-13-31-35(33,34)20-9-7-8-19(15-20)22-14-18(2)21(16-23(22)28)25-24(32)17-27(26(25)29)10-5-4-6-11-27;1-4-2-3/h7-9,14-16,30-31H,3-6,10-13,17,29H2,1-2H3;2H,1H3. The fourth-order valence-electron chi connectivity index (χ4n) is 5.41. The first kappa shape index (κ1) is 30.8. The number of nitrogens with two attached hydrogens (primary N) is 1. The second kappa shape index (κ2) is 13.6. The number of Topliss-reactive ketones (excluding diaryl/α,β-unsaturated/α-hetero) is 1. The van der Waals surface area contributed by atoms with Crippen molar-refractivity contribution in [3.05, 3.63) is 58.2 Å². The van der Waals surface area contributed by atoms with Crippen molar-refractivity contribution in [2.45, 2.75) is 57.3 Å². The molecule has 0 unspecified atom stereocenters. The number of sulfonamides is 1. The molecule has 0 bridgehead atoms. The lowest BCUT2D eigenvalue weighted by atomic mass is 9.72. The van der Waals surface area contributed by atoms with Gasteiger partial charge < -0.3 is 15.8 Å². The van der Waals surface area contributed by atoms with E-state index < -0.39 is 10.0 Å². The lowest BCUT2D eigenvalue weighted by Gasteiger charge is -2.33. The number of aryl methyl sites for hydroxylation is 1. The molecule has 1 saturated carbocycles. The van der Waals surface area contributed by atoms with Crippen LogP contribution in [0.1, 0.15) is 56.6 Å². The van der Waals surface area contributed by atoms with Crippen LogP contribution in [0.4, 0.5) is 0 Å². The van der Waals surface area contributed by atoms with Gasteiger partial charge >= 0.3 is 0 Å². The molecule has 8 nitrogen and oxygen atoms in total. The van der Waals surface area contributed by atoms with Crippen LogP contribution in [0.15, 0.2) is 47.0 Å². The quantitative estimate of drug-likeness (QED) is 0.295. The highest BCUT2D eigenvalue weighted by molar-refractivity contribution is 7.89. The van der Waals surface area contributed by atoms with Crippen molar-refractivity contribution >= 4 is 39.5 Å². The van der Waals surface area contributed by atoms with Crippen LogP contribution in [0.2, 0.25) is 5.02 Å². The zero-order valence-electron chi connectivity index (χ0n) is 22.8. The van der Waals surface area contributed by atoms with Crippen LogP contribution >= 0.6 is 11.6 Å². The Kier molecular flexibility index (Phi) is 10.7. The molecule has 2 aromatic rings. The van der Waals surface area contributed by atoms with Crippen LogP contribution in [0.25, 0.3) is 16.7 Å². The monoisotopic (exact) mass is 575 g/mol. The molecule has 2 aliphatic rings. The van der Waals surface area contributed by atoms with Crippen LogP contribution in [-0.2, 0) is 24.3 Å². The molecule has 0 amide bonds. The molecular weight excluding hydrogens is 538 g/mol. The summed E-state index contributed by atoms with van der Waals surface area (Å²) in [7, 11) is -2.34. The summed E-state index contributed by atoms with van der Waals surface area (Å²) in [5.41, 5.74) is 10.8. The van der Waals surface area contributed by atoms with Gasteiger partial charge in [0.25, 0.3) is 6.47 Å². The smallest absolute Gasteiger partial charge is 0.292 e. The van der Waals surface area contributed by atoms with Gasteiger partial charge in [-0.15, -0.1) is 0 Å². The third kappa shape index (κ3) is 7.08. The Morgan fingerprint density at radius 2 is 1.79 bits per heavy atom. The number of halogens is 1. The van der Waals surface area contributed by atoms with E-state index in [-0.39, 0.29) is 16.1 Å². The van der Waals surface area contributed by atoms with E-state index in [0.717, 1.165) is 48.9 Å². The Hall–Kier alpha value is -2.72. The molecule has 1 spiro atoms. The summed E-state index contributed by atoms with van der Waals surface area (Å²) in [6.45, 7) is 5.93. The molecule has 4 N–H and O–H groups in total. The molecule has 4 rings (SSSR count). The van der Waals surface area contributed by atoms with Gasteiger partial charge in [0.2, 0.25) is 10.0 Å². The highest BCUT2D eigenvalue weighted by Crippen LogP contribution is 2.52. The Balaban J connectivity index is 0.000000983. The van der Waals surface area contributed by atoms with Gasteiger partial charge in [-0.05, 0) is 67.3 Å². The van der Waals surface area contributed by atoms with Crippen molar-refractivity contribution in [2.75, 3.05) is 26.7 Å². The molecule has 2 aromatic carbocycles. The number of carbonyl (C=O) groups excluding carboxylic acids is 2. The van der Waals surface area contributed by atoms with Gasteiger partial charge in [0.05, 0.1) is 12.0 Å². The molecule has 0 aliphatic heterocycles. The normalized spacial score (nSPS) is 16.7. The van der Waals surface area contributed by atoms with Crippen molar-refractivity contribution in [1.82, 2.24) is 10.0 Å². The van der Waals surface area contributed by atoms with Crippen molar-refractivity contribution in [2.24, 2.45) is 11.1 Å². The lowest BCUT2D eigenvalue weighted by molar-refractivity contribution is -0.126. The predicted molar refractivity (Wildman–Crippen MR) is 155 cm³/mol. The van der Waals surface area contributed by atoms with E-state index in [1.165, 1.54) is 13.5 Å². The molecule has 212 valence electrons. The minimum atomic E-state index is -3.65. The largest absolute Gasteiger partial charge is 0.471 e. The van der Waals surface area contributed by atoms with Gasteiger partial charge in [-0.2, -0.15) is 0 Å². The minimum absolute atomic E-state index is 0.0908. The molecule has 0 atom stereocenters. The number of ether oxygens (including phenoxy) is 1.